The summed E-state index contributed by atoms with van der Waals surface area (Å²) in [5.74, 6) is 2.65. The van der Waals surface area contributed by atoms with Crippen molar-refractivity contribution in [2.45, 2.75) is 64.7 Å². The van der Waals surface area contributed by atoms with Crippen LogP contribution in [-0.2, 0) is 22.7 Å². The fraction of sp³-hybridized carbons (Fsp3) is 0.588. The highest BCUT2D eigenvalue weighted by Gasteiger charge is 2.43. The van der Waals surface area contributed by atoms with E-state index in [-0.39, 0.29) is 29.8 Å². The molecule has 2 fully saturated rings. The smallest absolute Gasteiger partial charge is 0.240 e. The van der Waals surface area contributed by atoms with Crippen LogP contribution in [0.2, 0.25) is 0 Å². The van der Waals surface area contributed by atoms with Crippen LogP contribution in [0.5, 0.6) is 23.0 Å². The predicted octanol–water partition coefficient (Wildman–Crippen LogP) is 3.95. The van der Waals surface area contributed by atoms with E-state index >= 15 is 0 Å². The van der Waals surface area contributed by atoms with E-state index in [4.69, 9.17) is 18.9 Å². The zero-order valence-electron chi connectivity index (χ0n) is 27.3. The Morgan fingerprint density at radius 2 is 1.73 bits per heavy atom. The van der Waals surface area contributed by atoms with Gasteiger partial charge in [0.15, 0.2) is 11.5 Å². The van der Waals surface area contributed by atoms with E-state index in [0.717, 1.165) is 49.2 Å². The maximum atomic E-state index is 14.2. The molecule has 0 saturated carbocycles. The van der Waals surface area contributed by atoms with Gasteiger partial charge in [0.1, 0.15) is 5.75 Å². The molecule has 2 heterocycles. The van der Waals surface area contributed by atoms with Gasteiger partial charge in [-0.05, 0) is 43.0 Å². The second-order valence-corrected chi connectivity index (χ2v) is 11.6. The largest absolute Gasteiger partial charge is 0.497 e. The van der Waals surface area contributed by atoms with Crippen LogP contribution in [0.1, 0.15) is 50.7 Å². The number of carbonyl (C=O) groups excluding carboxylic acids is 2. The first-order chi connectivity index (χ1) is 21.4. The number of nitrogens with one attached hydrogen (secondary N) is 1. The average Bonchev–Trinajstić information content (AvgIpc) is 3.48. The van der Waals surface area contributed by atoms with Gasteiger partial charge in [-0.2, -0.15) is 0 Å². The van der Waals surface area contributed by atoms with Gasteiger partial charge in [0.2, 0.25) is 17.6 Å². The lowest BCUT2D eigenvalue weighted by atomic mass is 9.97. The maximum Gasteiger partial charge on any atom is 0.240 e. The van der Waals surface area contributed by atoms with Crippen molar-refractivity contribution in [2.75, 3.05) is 61.2 Å². The first-order valence-electron chi connectivity index (χ1n) is 15.8. The minimum absolute atomic E-state index is 0.0621. The van der Waals surface area contributed by atoms with Crippen LogP contribution in [0.15, 0.2) is 36.4 Å². The summed E-state index contributed by atoms with van der Waals surface area (Å²) in [5, 5.41) is 3.35. The van der Waals surface area contributed by atoms with Crippen molar-refractivity contribution < 1.29 is 28.5 Å². The lowest BCUT2D eigenvalue weighted by molar-refractivity contribution is -0.139. The van der Waals surface area contributed by atoms with Crippen LogP contribution in [0.4, 0.5) is 0 Å². The Morgan fingerprint density at radius 1 is 0.977 bits per heavy atom. The topological polar surface area (TPSA) is 92.8 Å². The lowest BCUT2D eigenvalue weighted by Gasteiger charge is -2.33. The van der Waals surface area contributed by atoms with Crippen molar-refractivity contribution in [1.29, 1.82) is 0 Å². The van der Waals surface area contributed by atoms with Gasteiger partial charge in [0.25, 0.3) is 0 Å². The quantitative estimate of drug-likeness (QED) is 0.344. The molecule has 2 aromatic rings. The monoisotopic (exact) mass is 610 g/mol. The summed E-state index contributed by atoms with van der Waals surface area (Å²) in [7, 11) is 6.46. The molecule has 242 valence electrons. The Balaban J connectivity index is 1.70. The van der Waals surface area contributed by atoms with Crippen LogP contribution in [0, 0.1) is 5.92 Å². The molecule has 2 amide bonds. The molecule has 4 rings (SSSR count). The van der Waals surface area contributed by atoms with E-state index in [9.17, 15) is 9.59 Å². The van der Waals surface area contributed by atoms with E-state index < -0.39 is 0 Å². The molecular weight excluding hydrogens is 560 g/mol. The average molecular weight is 611 g/mol. The number of likely N-dealkylation sites (tertiary alicyclic amines) is 1. The molecule has 2 aromatic carbocycles. The Morgan fingerprint density at radius 3 is 2.36 bits per heavy atom. The third-order valence-electron chi connectivity index (χ3n) is 8.94. The molecule has 0 aliphatic carbocycles. The molecule has 1 N–H and O–H groups in total. The molecule has 2 aliphatic rings. The number of hydrogen-bond donors (Lipinski definition) is 1. The first kappa shape index (κ1) is 33.4. The second-order valence-electron chi connectivity index (χ2n) is 11.6. The normalized spacial score (nSPS) is 19.4. The number of benzene rings is 2. The maximum absolute atomic E-state index is 14.2. The third-order valence-corrected chi connectivity index (χ3v) is 8.94. The van der Waals surface area contributed by atoms with Gasteiger partial charge in [0.05, 0.1) is 34.5 Å². The van der Waals surface area contributed by atoms with E-state index in [1.165, 1.54) is 0 Å². The molecule has 2 aliphatic heterocycles. The number of methoxy groups -OCH3 is 4. The molecular formula is C34H50N4O6. The Hall–Kier alpha value is -3.50. The van der Waals surface area contributed by atoms with E-state index in [1.54, 1.807) is 28.4 Å². The van der Waals surface area contributed by atoms with Crippen LogP contribution in [0.25, 0.3) is 0 Å². The highest BCUT2D eigenvalue weighted by Crippen LogP contribution is 2.41. The standard InChI is InChI=1S/C34H50N4O6/c1-7-10-25(8-2)33(39)38(21-24-11-9-12-28(19-24)41-3)27-20-29(34(40)36-17-15-35-16-18-36)37(23-27)22-26-13-14-30(42-4)32(44-6)31(26)43-5/h9,11-14,19,25,27,29,35H,7-8,10,15-18,20-23H2,1-6H3. The van der Waals surface area contributed by atoms with Crippen molar-refractivity contribution in [1.82, 2.24) is 20.0 Å². The first-order valence-corrected chi connectivity index (χ1v) is 15.8. The number of carbonyl (C=O) groups is 2. The van der Waals surface area contributed by atoms with Crippen molar-refractivity contribution >= 4 is 11.8 Å². The highest BCUT2D eigenvalue weighted by molar-refractivity contribution is 5.83. The minimum Gasteiger partial charge on any atom is -0.497 e. The van der Waals surface area contributed by atoms with Crippen LogP contribution in [-0.4, -0.2) is 99.8 Å². The third kappa shape index (κ3) is 7.58. The van der Waals surface area contributed by atoms with E-state index in [1.807, 2.05) is 46.2 Å². The van der Waals surface area contributed by atoms with E-state index in [0.29, 0.717) is 56.4 Å². The molecule has 10 nitrogen and oxygen atoms in total. The van der Waals surface area contributed by atoms with Crippen molar-refractivity contribution in [3.8, 4) is 23.0 Å². The van der Waals surface area contributed by atoms with Gasteiger partial charge in [0, 0.05) is 63.3 Å². The van der Waals surface area contributed by atoms with Crippen molar-refractivity contribution in [3.63, 3.8) is 0 Å². The molecule has 0 radical (unpaired) electrons. The number of piperazine rings is 1. The van der Waals surface area contributed by atoms with Crippen molar-refractivity contribution in [3.05, 3.63) is 47.5 Å². The molecule has 44 heavy (non-hydrogen) atoms. The molecule has 3 atom stereocenters. The summed E-state index contributed by atoms with van der Waals surface area (Å²) in [4.78, 5) is 34.5. The summed E-state index contributed by atoms with van der Waals surface area (Å²) < 4.78 is 22.5. The summed E-state index contributed by atoms with van der Waals surface area (Å²) in [5.41, 5.74) is 1.90. The van der Waals surface area contributed by atoms with Gasteiger partial charge >= 0.3 is 0 Å². The SMILES string of the molecule is CCCC(CC)C(=O)N(Cc1cccc(OC)c1)C1CC(C(=O)N2CCNCC2)N(Cc2ccc(OC)c(OC)c2OC)C1. The zero-order chi connectivity index (χ0) is 31.6. The lowest BCUT2D eigenvalue weighted by Crippen LogP contribution is -2.52. The fourth-order valence-corrected chi connectivity index (χ4v) is 6.58. The van der Waals surface area contributed by atoms with E-state index in [2.05, 4.69) is 24.1 Å². The Bertz CT molecular complexity index is 1250. The summed E-state index contributed by atoms with van der Waals surface area (Å²) in [6, 6.07) is 11.2. The number of nitrogens with zero attached hydrogens (tertiary/aromatic N) is 3. The fourth-order valence-electron chi connectivity index (χ4n) is 6.58. The second kappa shape index (κ2) is 16.0. The van der Waals surface area contributed by atoms with Gasteiger partial charge < -0.3 is 34.1 Å². The van der Waals surface area contributed by atoms with Crippen molar-refractivity contribution in [2.24, 2.45) is 5.92 Å². The highest BCUT2D eigenvalue weighted by atomic mass is 16.5. The summed E-state index contributed by atoms with van der Waals surface area (Å²) >= 11 is 0. The number of amides is 2. The van der Waals surface area contributed by atoms with Gasteiger partial charge in [-0.3, -0.25) is 14.5 Å². The number of ether oxygens (including phenoxy) is 4. The molecule has 10 heteroatoms. The van der Waals surface area contributed by atoms with Crippen LogP contribution in [0.3, 0.4) is 0 Å². The van der Waals surface area contributed by atoms with Gasteiger partial charge in [-0.25, -0.2) is 0 Å². The van der Waals surface area contributed by atoms with Gasteiger partial charge in [-0.15, -0.1) is 0 Å². The number of rotatable bonds is 14. The molecule has 2 saturated heterocycles. The Kier molecular flexibility index (Phi) is 12.1. The van der Waals surface area contributed by atoms with Crippen LogP contribution < -0.4 is 24.3 Å². The van der Waals surface area contributed by atoms with Gasteiger partial charge in [-0.1, -0.05) is 38.5 Å². The predicted molar refractivity (Wildman–Crippen MR) is 170 cm³/mol. The molecule has 0 spiro atoms. The Labute approximate surface area is 262 Å². The molecule has 0 bridgehead atoms. The molecule has 0 aromatic heterocycles. The van der Waals surface area contributed by atoms with Crippen LogP contribution >= 0.6 is 0 Å². The number of hydrogen-bond acceptors (Lipinski definition) is 8. The summed E-state index contributed by atoms with van der Waals surface area (Å²) in [6.45, 7) is 8.61. The summed E-state index contributed by atoms with van der Waals surface area (Å²) in [6.07, 6.45) is 3.13. The molecule has 3 unspecified atom stereocenters. The minimum atomic E-state index is -0.372. The zero-order valence-corrected chi connectivity index (χ0v) is 27.3.